The highest BCUT2D eigenvalue weighted by Crippen LogP contribution is 2.25. The summed E-state index contributed by atoms with van der Waals surface area (Å²) in [7, 11) is 4.57. The maximum Gasteiger partial charge on any atom is 0.257 e. The number of oxime groups is 1. The van der Waals surface area contributed by atoms with Crippen molar-refractivity contribution in [2.24, 2.45) is 10.9 Å². The molecule has 0 radical (unpaired) electrons. The average molecular weight is 281 g/mol. The number of nitrogens with zero attached hydrogens (tertiary/aromatic N) is 2. The fourth-order valence-corrected chi connectivity index (χ4v) is 1.62. The first kappa shape index (κ1) is 15.6. The van der Waals surface area contributed by atoms with Gasteiger partial charge in [-0.25, -0.2) is 0 Å². The molecule has 1 unspecified atom stereocenters. The molecular weight excluding hydrogens is 262 g/mol. The summed E-state index contributed by atoms with van der Waals surface area (Å²) in [5.41, 5.74) is 5.87. The Morgan fingerprint density at radius 3 is 2.55 bits per heavy atom. The standard InChI is InChI=1S/C13H19N3O4/c1-8(12(14)15-18)16(2)13(17)10-6-5-9(19-3)7-11(10)20-4/h5-8,18H,1-4H3,(H2,14,15). The van der Waals surface area contributed by atoms with Crippen molar-refractivity contribution in [1.29, 1.82) is 0 Å². The number of amides is 1. The highest BCUT2D eigenvalue weighted by atomic mass is 16.5. The van der Waals surface area contributed by atoms with Gasteiger partial charge >= 0.3 is 0 Å². The number of methoxy groups -OCH3 is 2. The fraction of sp³-hybridized carbons (Fsp3) is 0.385. The molecule has 0 heterocycles. The van der Waals surface area contributed by atoms with Crippen molar-refractivity contribution in [2.45, 2.75) is 13.0 Å². The van der Waals surface area contributed by atoms with Crippen LogP contribution in [0.1, 0.15) is 17.3 Å². The topological polar surface area (TPSA) is 97.4 Å². The van der Waals surface area contributed by atoms with E-state index in [-0.39, 0.29) is 11.7 Å². The molecule has 1 amide bonds. The molecule has 0 saturated heterocycles. The van der Waals surface area contributed by atoms with Crippen LogP contribution in [0.4, 0.5) is 0 Å². The summed E-state index contributed by atoms with van der Waals surface area (Å²) in [6.45, 7) is 1.66. The second-order valence-electron chi connectivity index (χ2n) is 4.18. The van der Waals surface area contributed by atoms with Crippen LogP contribution in [0.25, 0.3) is 0 Å². The largest absolute Gasteiger partial charge is 0.497 e. The van der Waals surface area contributed by atoms with E-state index in [1.165, 1.54) is 19.1 Å². The SMILES string of the molecule is COc1ccc(C(=O)N(C)C(C)C(N)=NO)c(OC)c1. The predicted octanol–water partition coefficient (Wildman–Crippen LogP) is 0.911. The molecule has 0 fully saturated rings. The molecule has 0 bridgehead atoms. The van der Waals surface area contributed by atoms with Crippen LogP contribution in [0.15, 0.2) is 23.4 Å². The van der Waals surface area contributed by atoms with Gasteiger partial charge in [-0.2, -0.15) is 0 Å². The number of hydrogen-bond donors (Lipinski definition) is 2. The van der Waals surface area contributed by atoms with E-state index in [1.807, 2.05) is 0 Å². The van der Waals surface area contributed by atoms with Crippen LogP contribution >= 0.6 is 0 Å². The first-order valence-electron chi connectivity index (χ1n) is 5.92. The zero-order valence-electron chi connectivity index (χ0n) is 12.0. The minimum atomic E-state index is -0.542. The minimum absolute atomic E-state index is 0.0478. The van der Waals surface area contributed by atoms with Gasteiger partial charge in [-0.15, -0.1) is 0 Å². The quantitative estimate of drug-likeness (QED) is 0.362. The van der Waals surface area contributed by atoms with E-state index in [4.69, 9.17) is 20.4 Å². The van der Waals surface area contributed by atoms with Gasteiger partial charge in [0.1, 0.15) is 11.5 Å². The molecule has 0 aliphatic carbocycles. The Kier molecular flexibility index (Phi) is 5.19. The van der Waals surface area contributed by atoms with Crippen LogP contribution in [0.2, 0.25) is 0 Å². The molecule has 7 heteroatoms. The van der Waals surface area contributed by atoms with Gasteiger partial charge in [0.25, 0.3) is 5.91 Å². The summed E-state index contributed by atoms with van der Waals surface area (Å²) < 4.78 is 10.3. The van der Waals surface area contributed by atoms with Gasteiger partial charge in [-0.05, 0) is 19.1 Å². The van der Waals surface area contributed by atoms with E-state index < -0.39 is 6.04 Å². The molecule has 1 aromatic rings. The predicted molar refractivity (Wildman–Crippen MR) is 74.5 cm³/mol. The van der Waals surface area contributed by atoms with Gasteiger partial charge < -0.3 is 25.3 Å². The highest BCUT2D eigenvalue weighted by Gasteiger charge is 2.23. The van der Waals surface area contributed by atoms with Gasteiger partial charge in [-0.1, -0.05) is 5.16 Å². The number of carbonyl (C=O) groups excluding carboxylic acids is 1. The molecule has 0 spiro atoms. The molecule has 20 heavy (non-hydrogen) atoms. The Morgan fingerprint density at radius 2 is 2.05 bits per heavy atom. The van der Waals surface area contributed by atoms with E-state index in [2.05, 4.69) is 5.16 Å². The lowest BCUT2D eigenvalue weighted by atomic mass is 10.1. The van der Waals surface area contributed by atoms with Crippen molar-refractivity contribution >= 4 is 11.7 Å². The highest BCUT2D eigenvalue weighted by molar-refractivity contribution is 6.00. The summed E-state index contributed by atoms with van der Waals surface area (Å²) in [5, 5.41) is 11.6. The van der Waals surface area contributed by atoms with Crippen molar-refractivity contribution in [3.8, 4) is 11.5 Å². The van der Waals surface area contributed by atoms with Gasteiger partial charge in [0.05, 0.1) is 25.8 Å². The normalized spacial score (nSPS) is 12.7. The van der Waals surface area contributed by atoms with Crippen molar-refractivity contribution in [1.82, 2.24) is 4.90 Å². The van der Waals surface area contributed by atoms with Crippen LogP contribution in [0.5, 0.6) is 11.5 Å². The third-order valence-corrected chi connectivity index (χ3v) is 3.08. The second kappa shape index (κ2) is 6.65. The Morgan fingerprint density at radius 1 is 1.40 bits per heavy atom. The van der Waals surface area contributed by atoms with Crippen LogP contribution in [-0.2, 0) is 0 Å². The van der Waals surface area contributed by atoms with Crippen LogP contribution < -0.4 is 15.2 Å². The number of rotatable bonds is 5. The molecule has 0 aromatic heterocycles. The van der Waals surface area contributed by atoms with Gasteiger partial charge in [0.15, 0.2) is 5.84 Å². The van der Waals surface area contributed by atoms with Crippen molar-refractivity contribution in [3.63, 3.8) is 0 Å². The Bertz CT molecular complexity index is 516. The molecule has 1 rings (SSSR count). The van der Waals surface area contributed by atoms with E-state index in [1.54, 1.807) is 32.2 Å². The van der Waals surface area contributed by atoms with Gasteiger partial charge in [-0.3, -0.25) is 4.79 Å². The lowest BCUT2D eigenvalue weighted by Gasteiger charge is -2.24. The molecule has 7 nitrogen and oxygen atoms in total. The van der Waals surface area contributed by atoms with E-state index in [0.717, 1.165) is 0 Å². The first-order chi connectivity index (χ1) is 9.46. The lowest BCUT2D eigenvalue weighted by Crippen LogP contribution is -2.43. The molecule has 0 aliphatic rings. The molecule has 1 aromatic carbocycles. The monoisotopic (exact) mass is 281 g/mol. The number of amidine groups is 1. The Balaban J connectivity index is 3.08. The van der Waals surface area contributed by atoms with E-state index in [0.29, 0.717) is 17.1 Å². The third-order valence-electron chi connectivity index (χ3n) is 3.08. The van der Waals surface area contributed by atoms with Crippen LogP contribution in [0.3, 0.4) is 0 Å². The van der Waals surface area contributed by atoms with Gasteiger partial charge in [0.2, 0.25) is 0 Å². The van der Waals surface area contributed by atoms with E-state index in [9.17, 15) is 4.79 Å². The minimum Gasteiger partial charge on any atom is -0.497 e. The Hall–Kier alpha value is -2.44. The molecule has 110 valence electrons. The first-order valence-corrected chi connectivity index (χ1v) is 5.92. The van der Waals surface area contributed by atoms with Crippen molar-refractivity contribution in [2.75, 3.05) is 21.3 Å². The molecule has 0 saturated carbocycles. The number of ether oxygens (including phenoxy) is 2. The van der Waals surface area contributed by atoms with E-state index >= 15 is 0 Å². The zero-order chi connectivity index (χ0) is 15.3. The number of benzene rings is 1. The van der Waals surface area contributed by atoms with Gasteiger partial charge in [0, 0.05) is 13.1 Å². The molecule has 1 atom stereocenters. The summed E-state index contributed by atoms with van der Waals surface area (Å²) in [6.07, 6.45) is 0. The average Bonchev–Trinajstić information content (AvgIpc) is 2.50. The summed E-state index contributed by atoms with van der Waals surface area (Å²) in [4.78, 5) is 13.8. The molecule has 0 aliphatic heterocycles. The fourth-order valence-electron chi connectivity index (χ4n) is 1.62. The summed E-state index contributed by atoms with van der Waals surface area (Å²) in [5.74, 6) is 0.635. The number of carbonyl (C=O) groups is 1. The van der Waals surface area contributed by atoms with Crippen molar-refractivity contribution < 1.29 is 19.5 Å². The number of hydrogen-bond acceptors (Lipinski definition) is 5. The molecular formula is C13H19N3O4. The summed E-state index contributed by atoms with van der Waals surface area (Å²) in [6, 6.07) is 4.35. The van der Waals surface area contributed by atoms with Crippen LogP contribution in [0, 0.1) is 0 Å². The smallest absolute Gasteiger partial charge is 0.257 e. The number of likely N-dealkylation sites (N-methyl/N-ethyl adjacent to an activating group) is 1. The maximum absolute atomic E-state index is 12.4. The summed E-state index contributed by atoms with van der Waals surface area (Å²) >= 11 is 0. The van der Waals surface area contributed by atoms with Crippen LogP contribution in [-0.4, -0.2) is 49.2 Å². The third kappa shape index (κ3) is 3.11. The second-order valence-corrected chi connectivity index (χ2v) is 4.18. The number of nitrogens with two attached hydrogens (primary N) is 1. The zero-order valence-corrected chi connectivity index (χ0v) is 12.0. The van der Waals surface area contributed by atoms with Crippen molar-refractivity contribution in [3.05, 3.63) is 23.8 Å². The molecule has 3 N–H and O–H groups in total. The maximum atomic E-state index is 12.4. The Labute approximate surface area is 117 Å². The lowest BCUT2D eigenvalue weighted by molar-refractivity contribution is 0.0773.